The van der Waals surface area contributed by atoms with Crippen molar-refractivity contribution in [2.75, 3.05) is 11.9 Å². The van der Waals surface area contributed by atoms with Crippen LogP contribution in [0.5, 0.6) is 0 Å². The summed E-state index contributed by atoms with van der Waals surface area (Å²) in [7, 11) is 1.79. The van der Waals surface area contributed by atoms with Crippen LogP contribution in [-0.4, -0.2) is 33.2 Å². The zero-order chi connectivity index (χ0) is 19.6. The number of anilines is 1. The van der Waals surface area contributed by atoms with Crippen LogP contribution in [0.2, 0.25) is 0 Å². The van der Waals surface area contributed by atoms with E-state index in [2.05, 4.69) is 15.4 Å². The molecule has 1 amide bonds. The molecule has 8 heteroatoms. The first-order valence-corrected chi connectivity index (χ1v) is 8.37. The number of benzene rings is 1. The predicted octanol–water partition coefficient (Wildman–Crippen LogP) is 2.80. The summed E-state index contributed by atoms with van der Waals surface area (Å²) < 4.78 is 12.3. The zero-order valence-electron chi connectivity index (χ0n) is 15.6. The highest BCUT2D eigenvalue weighted by atomic mass is 16.5. The van der Waals surface area contributed by atoms with Crippen LogP contribution in [0, 0.1) is 20.8 Å². The molecular weight excluding hydrogens is 348 g/mol. The molecule has 0 bridgehead atoms. The van der Waals surface area contributed by atoms with Gasteiger partial charge in [-0.1, -0.05) is 18.2 Å². The summed E-state index contributed by atoms with van der Waals surface area (Å²) >= 11 is 0. The molecule has 8 nitrogen and oxygen atoms in total. The fourth-order valence-electron chi connectivity index (χ4n) is 2.62. The lowest BCUT2D eigenvalue weighted by atomic mass is 10.2. The maximum atomic E-state index is 12.3. The van der Waals surface area contributed by atoms with E-state index in [1.54, 1.807) is 25.6 Å². The molecule has 0 atom stereocenters. The van der Waals surface area contributed by atoms with Crippen molar-refractivity contribution in [1.82, 2.24) is 14.8 Å². The summed E-state index contributed by atoms with van der Waals surface area (Å²) in [5.74, 6) is -0.510. The van der Waals surface area contributed by atoms with Gasteiger partial charge in [-0.2, -0.15) is 5.10 Å². The lowest BCUT2D eigenvalue weighted by Gasteiger charge is -2.06. The van der Waals surface area contributed by atoms with Gasteiger partial charge in [-0.15, -0.1) is 0 Å². The molecule has 0 saturated carbocycles. The van der Waals surface area contributed by atoms with Gasteiger partial charge < -0.3 is 14.5 Å². The molecule has 0 aliphatic rings. The highest BCUT2D eigenvalue weighted by molar-refractivity contribution is 5.96. The third-order valence-corrected chi connectivity index (χ3v) is 4.12. The molecule has 0 radical (unpaired) electrons. The van der Waals surface area contributed by atoms with Crippen LogP contribution in [0.25, 0.3) is 11.5 Å². The second-order valence-electron chi connectivity index (χ2n) is 6.08. The van der Waals surface area contributed by atoms with Crippen LogP contribution in [0.3, 0.4) is 0 Å². The van der Waals surface area contributed by atoms with Crippen molar-refractivity contribution >= 4 is 17.6 Å². The molecule has 3 rings (SSSR count). The third kappa shape index (κ3) is 3.89. The van der Waals surface area contributed by atoms with E-state index in [0.29, 0.717) is 23.0 Å². The topological polar surface area (TPSA) is 99.2 Å². The molecule has 0 unspecified atom stereocenters. The molecule has 3 aromatic rings. The van der Waals surface area contributed by atoms with E-state index in [0.717, 1.165) is 11.3 Å². The highest BCUT2D eigenvalue weighted by Crippen LogP contribution is 2.22. The van der Waals surface area contributed by atoms with Crippen LogP contribution in [-0.2, 0) is 16.6 Å². The number of hydrogen-bond donors (Lipinski definition) is 1. The Morgan fingerprint density at radius 1 is 1.19 bits per heavy atom. The Morgan fingerprint density at radius 3 is 2.52 bits per heavy atom. The zero-order valence-corrected chi connectivity index (χ0v) is 15.6. The first kappa shape index (κ1) is 18.4. The number of rotatable bonds is 5. The van der Waals surface area contributed by atoms with Gasteiger partial charge >= 0.3 is 5.97 Å². The Hall–Kier alpha value is -3.42. The van der Waals surface area contributed by atoms with E-state index >= 15 is 0 Å². The minimum absolute atomic E-state index is 0.0513. The molecule has 2 heterocycles. The summed E-state index contributed by atoms with van der Waals surface area (Å²) in [6, 6.07) is 9.22. The van der Waals surface area contributed by atoms with E-state index < -0.39 is 18.5 Å². The summed E-state index contributed by atoms with van der Waals surface area (Å²) in [5, 5.41) is 6.93. The second kappa shape index (κ2) is 7.45. The van der Waals surface area contributed by atoms with Gasteiger partial charge in [0, 0.05) is 12.6 Å². The first-order valence-electron chi connectivity index (χ1n) is 8.37. The number of esters is 1. The average Bonchev–Trinajstić information content (AvgIpc) is 3.15. The molecule has 0 fully saturated rings. The van der Waals surface area contributed by atoms with Gasteiger partial charge in [-0.05, 0) is 32.9 Å². The third-order valence-electron chi connectivity index (χ3n) is 4.12. The van der Waals surface area contributed by atoms with Crippen molar-refractivity contribution in [1.29, 1.82) is 0 Å². The number of carbonyl (C=O) groups excluding carboxylic acids is 2. The smallest absolute Gasteiger partial charge is 0.361 e. The molecule has 0 aliphatic heterocycles. The van der Waals surface area contributed by atoms with Gasteiger partial charge in [0.2, 0.25) is 5.89 Å². The molecule has 2 aromatic heterocycles. The van der Waals surface area contributed by atoms with E-state index in [1.165, 1.54) is 0 Å². The van der Waals surface area contributed by atoms with Crippen molar-refractivity contribution < 1.29 is 18.7 Å². The maximum absolute atomic E-state index is 12.3. The van der Waals surface area contributed by atoms with Crippen molar-refractivity contribution in [3.63, 3.8) is 0 Å². The van der Waals surface area contributed by atoms with Gasteiger partial charge in [0.25, 0.3) is 5.91 Å². The lowest BCUT2D eigenvalue weighted by Crippen LogP contribution is -2.22. The first-order chi connectivity index (χ1) is 12.9. The van der Waals surface area contributed by atoms with Crippen molar-refractivity contribution in [2.45, 2.75) is 20.8 Å². The van der Waals surface area contributed by atoms with Crippen molar-refractivity contribution in [3.8, 4) is 11.5 Å². The fourth-order valence-corrected chi connectivity index (χ4v) is 2.62. The summed E-state index contributed by atoms with van der Waals surface area (Å²) in [5.41, 5.74) is 2.92. The number of carbonyl (C=O) groups is 2. The number of nitrogens with zero attached hydrogens (tertiary/aromatic N) is 3. The highest BCUT2D eigenvalue weighted by Gasteiger charge is 2.21. The second-order valence-corrected chi connectivity index (χ2v) is 6.08. The predicted molar refractivity (Wildman–Crippen MR) is 98.3 cm³/mol. The molecule has 27 heavy (non-hydrogen) atoms. The van der Waals surface area contributed by atoms with E-state index in [-0.39, 0.29) is 5.69 Å². The van der Waals surface area contributed by atoms with Crippen LogP contribution in [0.15, 0.2) is 34.7 Å². The van der Waals surface area contributed by atoms with Gasteiger partial charge in [0.1, 0.15) is 5.76 Å². The van der Waals surface area contributed by atoms with Crippen LogP contribution >= 0.6 is 0 Å². The largest absolute Gasteiger partial charge is 0.451 e. The van der Waals surface area contributed by atoms with E-state index in [1.807, 2.05) is 37.3 Å². The number of aromatic nitrogens is 3. The molecule has 0 spiro atoms. The van der Waals surface area contributed by atoms with Crippen LogP contribution in [0.1, 0.15) is 27.6 Å². The standard InChI is InChI=1S/C19H20N4O4/c1-11-16(12(2)23(4)22-11)20-15(24)10-26-19(25)17-13(3)27-18(21-17)14-8-6-5-7-9-14/h5-9H,10H2,1-4H3,(H,20,24). The van der Waals surface area contributed by atoms with E-state index in [9.17, 15) is 9.59 Å². The molecule has 140 valence electrons. The Labute approximate surface area is 156 Å². The van der Waals surface area contributed by atoms with Gasteiger partial charge in [0.15, 0.2) is 12.3 Å². The fraction of sp³-hybridized carbons (Fsp3) is 0.263. The molecule has 0 saturated heterocycles. The summed E-state index contributed by atoms with van der Waals surface area (Å²) in [6.45, 7) is 4.82. The Kier molecular flexibility index (Phi) is 5.07. The normalized spacial score (nSPS) is 10.7. The van der Waals surface area contributed by atoms with Crippen LogP contribution in [0.4, 0.5) is 5.69 Å². The minimum atomic E-state index is -0.715. The molecule has 1 N–H and O–H groups in total. The molecule has 1 aromatic carbocycles. The molecular formula is C19H20N4O4. The van der Waals surface area contributed by atoms with Gasteiger partial charge in [-0.25, -0.2) is 9.78 Å². The summed E-state index contributed by atoms with van der Waals surface area (Å²) in [4.78, 5) is 28.6. The molecule has 0 aliphatic carbocycles. The Balaban J connectivity index is 1.64. The van der Waals surface area contributed by atoms with Gasteiger partial charge in [-0.3, -0.25) is 9.48 Å². The monoisotopic (exact) mass is 368 g/mol. The number of hydrogen-bond acceptors (Lipinski definition) is 6. The van der Waals surface area contributed by atoms with Crippen LogP contribution < -0.4 is 5.32 Å². The number of aryl methyl sites for hydroxylation is 3. The lowest BCUT2D eigenvalue weighted by molar-refractivity contribution is -0.119. The maximum Gasteiger partial charge on any atom is 0.361 e. The number of nitrogens with one attached hydrogen (secondary N) is 1. The number of oxazole rings is 1. The quantitative estimate of drug-likeness (QED) is 0.695. The number of ether oxygens (including phenoxy) is 1. The van der Waals surface area contributed by atoms with E-state index in [4.69, 9.17) is 9.15 Å². The van der Waals surface area contributed by atoms with Crippen molar-refractivity contribution in [3.05, 3.63) is 53.2 Å². The minimum Gasteiger partial charge on any atom is -0.451 e. The average molecular weight is 368 g/mol. The van der Waals surface area contributed by atoms with Gasteiger partial charge in [0.05, 0.1) is 17.1 Å². The Morgan fingerprint density at radius 2 is 1.89 bits per heavy atom. The Bertz CT molecular complexity index is 989. The SMILES string of the molecule is Cc1nn(C)c(C)c1NC(=O)COC(=O)c1nc(-c2ccccc2)oc1C. The number of amides is 1. The summed E-state index contributed by atoms with van der Waals surface area (Å²) in [6.07, 6.45) is 0. The van der Waals surface area contributed by atoms with Crippen molar-refractivity contribution in [2.24, 2.45) is 7.05 Å².